The summed E-state index contributed by atoms with van der Waals surface area (Å²) < 4.78 is 0. The highest BCUT2D eigenvalue weighted by atomic mass is 35.5. The minimum atomic E-state index is 0.0664. The fraction of sp³-hybridized carbons (Fsp3) is 0.538. The van der Waals surface area contributed by atoms with E-state index in [2.05, 4.69) is 19.2 Å². The first kappa shape index (κ1) is 14.8. The lowest BCUT2D eigenvalue weighted by Gasteiger charge is -2.25. The predicted molar refractivity (Wildman–Crippen MR) is 73.7 cm³/mol. The minimum Gasteiger partial charge on any atom is -0.395 e. The van der Waals surface area contributed by atoms with Gasteiger partial charge in [-0.1, -0.05) is 43.1 Å². The molecule has 0 aromatic heterocycles. The van der Waals surface area contributed by atoms with Crippen molar-refractivity contribution in [2.24, 2.45) is 5.92 Å². The van der Waals surface area contributed by atoms with E-state index in [0.717, 1.165) is 5.56 Å². The van der Waals surface area contributed by atoms with Gasteiger partial charge in [-0.2, -0.15) is 0 Å². The van der Waals surface area contributed by atoms with Gasteiger partial charge in [0.25, 0.3) is 0 Å². The second kappa shape index (κ2) is 6.60. The second-order valence-electron chi connectivity index (χ2n) is 4.59. The molecule has 2 unspecified atom stereocenters. The molecule has 0 heterocycles. The Hall–Kier alpha value is -0.280. The van der Waals surface area contributed by atoms with Crippen LogP contribution in [0.1, 0.15) is 32.4 Å². The summed E-state index contributed by atoms with van der Waals surface area (Å²) in [4.78, 5) is 0. The third kappa shape index (κ3) is 4.14. The van der Waals surface area contributed by atoms with E-state index in [1.54, 1.807) is 6.07 Å². The molecule has 0 saturated carbocycles. The molecule has 1 rings (SSSR count). The van der Waals surface area contributed by atoms with Crippen molar-refractivity contribution < 1.29 is 5.11 Å². The number of rotatable bonds is 5. The van der Waals surface area contributed by atoms with E-state index in [1.165, 1.54) is 0 Å². The summed E-state index contributed by atoms with van der Waals surface area (Å²) in [6.45, 7) is 6.29. The highest BCUT2D eigenvalue weighted by Crippen LogP contribution is 2.26. The molecule has 2 atom stereocenters. The second-order valence-corrected chi connectivity index (χ2v) is 5.43. The van der Waals surface area contributed by atoms with Gasteiger partial charge in [0.2, 0.25) is 0 Å². The molecule has 96 valence electrons. The molecule has 0 radical (unpaired) electrons. The third-order valence-electron chi connectivity index (χ3n) is 2.89. The van der Waals surface area contributed by atoms with Crippen LogP contribution >= 0.6 is 23.2 Å². The van der Waals surface area contributed by atoms with Crippen LogP contribution in [0.3, 0.4) is 0 Å². The Morgan fingerprint density at radius 3 is 2.35 bits per heavy atom. The van der Waals surface area contributed by atoms with Gasteiger partial charge < -0.3 is 10.4 Å². The number of halogens is 2. The fourth-order valence-corrected chi connectivity index (χ4v) is 2.29. The first-order valence-electron chi connectivity index (χ1n) is 5.77. The third-order valence-corrected chi connectivity index (χ3v) is 3.46. The molecule has 2 nitrogen and oxygen atoms in total. The van der Waals surface area contributed by atoms with Crippen LogP contribution in [0.4, 0.5) is 0 Å². The van der Waals surface area contributed by atoms with Gasteiger partial charge in [-0.25, -0.2) is 0 Å². The maximum absolute atomic E-state index is 9.29. The molecular weight excluding hydrogens is 257 g/mol. The number of hydrogen-bond donors (Lipinski definition) is 2. The van der Waals surface area contributed by atoms with Crippen LogP contribution in [0, 0.1) is 5.92 Å². The molecule has 2 N–H and O–H groups in total. The van der Waals surface area contributed by atoms with Crippen molar-refractivity contribution in [1.29, 1.82) is 0 Å². The first-order valence-corrected chi connectivity index (χ1v) is 6.53. The molecule has 0 aliphatic heterocycles. The molecule has 4 heteroatoms. The Kier molecular flexibility index (Phi) is 5.74. The molecule has 0 aliphatic carbocycles. The fourth-order valence-electron chi connectivity index (χ4n) is 1.72. The van der Waals surface area contributed by atoms with Crippen molar-refractivity contribution in [3.8, 4) is 0 Å². The maximum atomic E-state index is 9.29. The van der Waals surface area contributed by atoms with E-state index < -0.39 is 0 Å². The lowest BCUT2D eigenvalue weighted by atomic mass is 10.0. The molecule has 17 heavy (non-hydrogen) atoms. The van der Waals surface area contributed by atoms with Crippen molar-refractivity contribution in [2.45, 2.75) is 32.9 Å². The van der Waals surface area contributed by atoms with E-state index in [4.69, 9.17) is 23.2 Å². The van der Waals surface area contributed by atoms with Crippen LogP contribution < -0.4 is 5.32 Å². The minimum absolute atomic E-state index is 0.0664. The van der Waals surface area contributed by atoms with Crippen molar-refractivity contribution in [1.82, 2.24) is 5.32 Å². The zero-order valence-electron chi connectivity index (χ0n) is 10.4. The Morgan fingerprint density at radius 2 is 1.88 bits per heavy atom. The number of benzene rings is 1. The van der Waals surface area contributed by atoms with Gasteiger partial charge >= 0.3 is 0 Å². The maximum Gasteiger partial charge on any atom is 0.0587 e. The average Bonchev–Trinajstić information content (AvgIpc) is 2.24. The number of nitrogens with one attached hydrogen (secondary N) is 1. The van der Waals surface area contributed by atoms with E-state index >= 15 is 0 Å². The van der Waals surface area contributed by atoms with E-state index in [1.807, 2.05) is 19.1 Å². The summed E-state index contributed by atoms with van der Waals surface area (Å²) in [6.07, 6.45) is 0. The van der Waals surface area contributed by atoms with Crippen molar-refractivity contribution in [3.05, 3.63) is 33.8 Å². The molecule has 0 fully saturated rings. The Labute approximate surface area is 113 Å². The number of aliphatic hydroxyl groups is 1. The average molecular weight is 276 g/mol. The van der Waals surface area contributed by atoms with Crippen LogP contribution in [0.25, 0.3) is 0 Å². The highest BCUT2D eigenvalue weighted by Gasteiger charge is 2.17. The van der Waals surface area contributed by atoms with Gasteiger partial charge in [0.05, 0.1) is 6.61 Å². The van der Waals surface area contributed by atoms with Crippen LogP contribution in [0.2, 0.25) is 10.0 Å². The van der Waals surface area contributed by atoms with Crippen molar-refractivity contribution >= 4 is 23.2 Å². The largest absolute Gasteiger partial charge is 0.395 e. The molecule has 0 bridgehead atoms. The SMILES string of the molecule is CC(NC(CO)C(C)C)c1ccc(Cl)cc1Cl. The van der Waals surface area contributed by atoms with E-state index in [0.29, 0.717) is 16.0 Å². The normalized spacial score (nSPS) is 15.0. The number of aliphatic hydroxyl groups excluding tert-OH is 1. The highest BCUT2D eigenvalue weighted by molar-refractivity contribution is 6.35. The summed E-state index contributed by atoms with van der Waals surface area (Å²) in [7, 11) is 0. The van der Waals surface area contributed by atoms with Gasteiger partial charge in [-0.05, 0) is 30.5 Å². The van der Waals surface area contributed by atoms with Gasteiger partial charge in [0.15, 0.2) is 0 Å². The molecule has 0 saturated heterocycles. The summed E-state index contributed by atoms with van der Waals surface area (Å²) in [6, 6.07) is 5.62. The monoisotopic (exact) mass is 275 g/mol. The predicted octanol–water partition coefficient (Wildman–Crippen LogP) is 3.66. The van der Waals surface area contributed by atoms with Crippen LogP contribution in [-0.2, 0) is 0 Å². The van der Waals surface area contributed by atoms with Crippen molar-refractivity contribution in [3.63, 3.8) is 0 Å². The first-order chi connectivity index (χ1) is 7.95. The lowest BCUT2D eigenvalue weighted by Crippen LogP contribution is -2.38. The summed E-state index contributed by atoms with van der Waals surface area (Å²) in [5.74, 6) is 0.369. The zero-order chi connectivity index (χ0) is 13.0. The molecule has 1 aromatic carbocycles. The summed E-state index contributed by atoms with van der Waals surface area (Å²) in [5.41, 5.74) is 0.996. The van der Waals surface area contributed by atoms with E-state index in [-0.39, 0.29) is 18.7 Å². The molecule has 0 aliphatic rings. The number of hydrogen-bond acceptors (Lipinski definition) is 2. The zero-order valence-corrected chi connectivity index (χ0v) is 11.9. The van der Waals surface area contributed by atoms with Crippen LogP contribution in [0.5, 0.6) is 0 Å². The van der Waals surface area contributed by atoms with Crippen molar-refractivity contribution in [2.75, 3.05) is 6.61 Å². The van der Waals surface area contributed by atoms with Crippen LogP contribution in [0.15, 0.2) is 18.2 Å². The standard InChI is InChI=1S/C13H19Cl2NO/c1-8(2)13(7-17)16-9(3)11-5-4-10(14)6-12(11)15/h4-6,8-9,13,16-17H,7H2,1-3H3. The summed E-state index contributed by atoms with van der Waals surface area (Å²) >= 11 is 12.0. The Morgan fingerprint density at radius 1 is 1.24 bits per heavy atom. The van der Waals surface area contributed by atoms with Gasteiger partial charge in [-0.3, -0.25) is 0 Å². The Balaban J connectivity index is 2.78. The lowest BCUT2D eigenvalue weighted by molar-refractivity contribution is 0.201. The topological polar surface area (TPSA) is 32.3 Å². The van der Waals surface area contributed by atoms with Gasteiger partial charge in [0.1, 0.15) is 0 Å². The quantitative estimate of drug-likeness (QED) is 0.860. The Bertz CT molecular complexity index is 368. The van der Waals surface area contributed by atoms with Crippen LogP contribution in [-0.4, -0.2) is 17.8 Å². The smallest absolute Gasteiger partial charge is 0.0587 e. The molecular formula is C13H19Cl2NO. The molecule has 1 aromatic rings. The van der Waals surface area contributed by atoms with Gasteiger partial charge in [0, 0.05) is 22.1 Å². The molecule has 0 amide bonds. The van der Waals surface area contributed by atoms with E-state index in [9.17, 15) is 5.11 Å². The summed E-state index contributed by atoms with van der Waals surface area (Å²) in [5, 5.41) is 13.9. The molecule has 0 spiro atoms. The van der Waals surface area contributed by atoms with Gasteiger partial charge in [-0.15, -0.1) is 0 Å².